The number of carbonyl (C=O) groups excluding carboxylic acids is 4. The van der Waals surface area contributed by atoms with Crippen LogP contribution in [0.4, 0.5) is 0 Å². The van der Waals surface area contributed by atoms with Gasteiger partial charge >= 0.3 is 0 Å². The summed E-state index contributed by atoms with van der Waals surface area (Å²) < 4.78 is -0.959. The highest BCUT2D eigenvalue weighted by Crippen LogP contribution is 2.38. The Hall–Kier alpha value is -3.10. The maximum atomic E-state index is 13.1. The molecule has 0 aliphatic carbocycles. The minimum absolute atomic E-state index is 0.113. The lowest BCUT2D eigenvalue weighted by molar-refractivity contribution is -0.131. The molecule has 288 valence electrons. The van der Waals surface area contributed by atoms with Crippen molar-refractivity contribution >= 4 is 45.2 Å². The number of aliphatic hydroxyl groups excluding tert-OH is 3. The Morgan fingerprint density at radius 3 is 1.67 bits per heavy atom. The predicted molar refractivity (Wildman–Crippen MR) is 212 cm³/mol. The topological polar surface area (TPSA) is 191 Å². The molecule has 51 heavy (non-hydrogen) atoms. The zero-order chi connectivity index (χ0) is 38.3. The summed E-state index contributed by atoms with van der Waals surface area (Å²) in [6, 6.07) is -2.99. The normalized spacial score (nSPS) is 14.4. The maximum absolute atomic E-state index is 13.1. The molecule has 0 saturated heterocycles. The van der Waals surface area contributed by atoms with Crippen LogP contribution in [0.25, 0.3) is 0 Å². The molecule has 0 rings (SSSR count). The first-order chi connectivity index (χ1) is 24.4. The molecular weight excluding hydrogens is 689 g/mol. The van der Waals surface area contributed by atoms with Crippen molar-refractivity contribution < 1.29 is 34.5 Å². The van der Waals surface area contributed by atoms with Gasteiger partial charge in [-0.3, -0.25) is 19.2 Å². The highest BCUT2D eigenvalue weighted by atomic mass is 33.1. The van der Waals surface area contributed by atoms with Crippen LogP contribution in [0.1, 0.15) is 91.9 Å². The third-order valence-electron chi connectivity index (χ3n) is 7.26. The molecule has 0 aliphatic rings. The summed E-state index contributed by atoms with van der Waals surface area (Å²) in [5, 5.41) is 36.5. The standard InChI is InChI=1S/C38H62N4O7S2/c1-5-7-8-9-10-11-12-13-14-15-16-17-18-19-20-21-22-23-24-25-33(46)41-32(36(39)48)29-50-51-38(3,4)35(37(49)40-30(27-43)28-44)42-34(47)26-31(45)6-2/h7-8,10-11,13-14,16-17,19-20,22-23,30-32,35,43-45H,5-6,9,12,15,18,21,24-29H2,1-4H3,(H2,39,48)(H,40,49)(H,41,46)(H,42,47)/b8-7-,11-10-,14-13-,17-16-,20-19-,23-22-/t31?,32-,35+/m0/s1. The Morgan fingerprint density at radius 1 is 0.725 bits per heavy atom. The van der Waals surface area contributed by atoms with Gasteiger partial charge < -0.3 is 37.0 Å². The minimum atomic E-state index is -1.12. The van der Waals surface area contributed by atoms with Crippen molar-refractivity contribution in [1.29, 1.82) is 0 Å². The molecule has 0 heterocycles. The van der Waals surface area contributed by atoms with Gasteiger partial charge in [-0.15, -0.1) is 0 Å². The fourth-order valence-corrected chi connectivity index (χ4v) is 7.01. The van der Waals surface area contributed by atoms with Gasteiger partial charge in [0.2, 0.25) is 23.6 Å². The number of nitrogens with one attached hydrogen (secondary N) is 3. The zero-order valence-corrected chi connectivity index (χ0v) is 32.4. The fourth-order valence-electron chi connectivity index (χ4n) is 4.18. The predicted octanol–water partition coefficient (Wildman–Crippen LogP) is 4.71. The molecule has 0 saturated carbocycles. The van der Waals surface area contributed by atoms with Gasteiger partial charge in [0.15, 0.2) is 0 Å². The average molecular weight is 751 g/mol. The molecule has 0 bridgehead atoms. The first-order valence-electron chi connectivity index (χ1n) is 17.7. The molecule has 0 fully saturated rings. The van der Waals surface area contributed by atoms with E-state index in [4.69, 9.17) is 5.73 Å². The minimum Gasteiger partial charge on any atom is -0.394 e. The van der Waals surface area contributed by atoms with E-state index in [0.717, 1.165) is 38.5 Å². The molecule has 0 aliphatic heterocycles. The summed E-state index contributed by atoms with van der Waals surface area (Å²) in [7, 11) is 2.40. The van der Waals surface area contributed by atoms with E-state index in [1.807, 2.05) is 12.2 Å². The third-order valence-corrected chi connectivity index (χ3v) is 10.6. The third kappa shape index (κ3) is 25.5. The number of amides is 4. The van der Waals surface area contributed by atoms with Gasteiger partial charge in [0.25, 0.3) is 0 Å². The second kappa shape index (κ2) is 30.5. The Morgan fingerprint density at radius 2 is 1.22 bits per heavy atom. The largest absolute Gasteiger partial charge is 0.394 e. The highest BCUT2D eigenvalue weighted by Gasteiger charge is 2.38. The van der Waals surface area contributed by atoms with Crippen LogP contribution in [-0.4, -0.2) is 86.9 Å². The van der Waals surface area contributed by atoms with Crippen molar-refractivity contribution in [3.63, 3.8) is 0 Å². The molecule has 3 atom stereocenters. The summed E-state index contributed by atoms with van der Waals surface area (Å²) in [4.78, 5) is 50.3. The number of nitrogens with two attached hydrogens (primary N) is 1. The maximum Gasteiger partial charge on any atom is 0.244 e. The van der Waals surface area contributed by atoms with E-state index in [9.17, 15) is 34.5 Å². The number of primary amides is 1. The van der Waals surface area contributed by atoms with E-state index >= 15 is 0 Å². The summed E-state index contributed by atoms with van der Waals surface area (Å²) in [6.07, 6.45) is 30.9. The number of aliphatic hydroxyl groups is 3. The molecule has 0 aromatic heterocycles. The summed E-state index contributed by atoms with van der Waals surface area (Å²) in [5.74, 6) is -2.08. The van der Waals surface area contributed by atoms with Crippen molar-refractivity contribution in [2.24, 2.45) is 5.73 Å². The van der Waals surface area contributed by atoms with Crippen molar-refractivity contribution in [2.45, 2.75) is 121 Å². The van der Waals surface area contributed by atoms with Crippen molar-refractivity contribution in [3.05, 3.63) is 72.9 Å². The molecule has 0 radical (unpaired) electrons. The molecule has 4 amide bonds. The van der Waals surface area contributed by atoms with Gasteiger partial charge in [0, 0.05) is 16.9 Å². The van der Waals surface area contributed by atoms with Crippen LogP contribution in [0.3, 0.4) is 0 Å². The Balaban J connectivity index is 4.70. The molecule has 0 aromatic rings. The number of allylic oxidation sites excluding steroid dienone is 12. The number of carbonyl (C=O) groups is 4. The van der Waals surface area contributed by atoms with Crippen LogP contribution in [-0.2, 0) is 19.2 Å². The van der Waals surface area contributed by atoms with Gasteiger partial charge in [-0.1, -0.05) is 108 Å². The quantitative estimate of drug-likeness (QED) is 0.0419. The van der Waals surface area contributed by atoms with Crippen LogP contribution >= 0.6 is 21.6 Å². The van der Waals surface area contributed by atoms with Crippen molar-refractivity contribution in [2.75, 3.05) is 19.0 Å². The SMILES string of the molecule is CC/C=C\C/C=C\C/C=C\C/C=C\C/C=C\C/C=C\CCC(=O)N[C@@H](CSSC(C)(C)[C@H](NC(=O)CC(O)CC)C(=O)NC(CO)CO)C(N)=O. The number of hydrogen-bond donors (Lipinski definition) is 7. The Bertz CT molecular complexity index is 1180. The lowest BCUT2D eigenvalue weighted by atomic mass is 10.0. The van der Waals surface area contributed by atoms with Gasteiger partial charge in [-0.2, -0.15) is 0 Å². The number of hydrogen-bond acceptors (Lipinski definition) is 9. The van der Waals surface area contributed by atoms with Gasteiger partial charge in [0.05, 0.1) is 31.8 Å². The second-order valence-electron chi connectivity index (χ2n) is 12.3. The lowest BCUT2D eigenvalue weighted by Gasteiger charge is -2.34. The van der Waals surface area contributed by atoms with Gasteiger partial charge in [0.1, 0.15) is 12.1 Å². The molecule has 13 heteroatoms. The van der Waals surface area contributed by atoms with E-state index in [2.05, 4.69) is 83.6 Å². The molecule has 8 N–H and O–H groups in total. The first-order valence-corrected chi connectivity index (χ1v) is 20.0. The van der Waals surface area contributed by atoms with Crippen molar-refractivity contribution in [1.82, 2.24) is 16.0 Å². The number of rotatable bonds is 29. The Kier molecular flexibility index (Phi) is 28.7. The molecule has 11 nitrogen and oxygen atoms in total. The molecule has 1 unspecified atom stereocenters. The van der Waals surface area contributed by atoms with Crippen LogP contribution < -0.4 is 21.7 Å². The van der Waals surface area contributed by atoms with Crippen LogP contribution in [0.2, 0.25) is 0 Å². The van der Waals surface area contributed by atoms with Crippen LogP contribution in [0, 0.1) is 0 Å². The highest BCUT2D eigenvalue weighted by molar-refractivity contribution is 8.77. The summed E-state index contributed by atoms with van der Waals surface area (Å²) >= 11 is 0. The first kappa shape index (κ1) is 47.9. The van der Waals surface area contributed by atoms with E-state index in [1.165, 1.54) is 21.6 Å². The monoisotopic (exact) mass is 750 g/mol. The summed E-state index contributed by atoms with van der Waals surface area (Å²) in [6.45, 7) is 6.28. The fraction of sp³-hybridized carbons (Fsp3) is 0.579. The van der Waals surface area contributed by atoms with E-state index in [1.54, 1.807) is 20.8 Å². The molecule has 0 spiro atoms. The average Bonchev–Trinajstić information content (AvgIpc) is 3.09. The van der Waals surface area contributed by atoms with E-state index in [0.29, 0.717) is 12.8 Å². The smallest absolute Gasteiger partial charge is 0.244 e. The van der Waals surface area contributed by atoms with E-state index < -0.39 is 59.9 Å². The Labute approximate surface area is 313 Å². The van der Waals surface area contributed by atoms with Gasteiger partial charge in [-0.25, -0.2) is 0 Å². The molecule has 0 aromatic carbocycles. The van der Waals surface area contributed by atoms with Crippen LogP contribution in [0.15, 0.2) is 72.9 Å². The van der Waals surface area contributed by atoms with Gasteiger partial charge in [-0.05, 0) is 65.2 Å². The molecular formula is C38H62N4O7S2. The van der Waals surface area contributed by atoms with E-state index in [-0.39, 0.29) is 24.5 Å². The van der Waals surface area contributed by atoms with Crippen molar-refractivity contribution in [3.8, 4) is 0 Å². The second-order valence-corrected chi connectivity index (χ2v) is 15.3. The van der Waals surface area contributed by atoms with Crippen LogP contribution in [0.5, 0.6) is 0 Å². The zero-order valence-electron chi connectivity index (χ0n) is 30.8. The lowest BCUT2D eigenvalue weighted by Crippen LogP contribution is -2.59. The summed E-state index contributed by atoms with van der Waals surface area (Å²) in [5.41, 5.74) is 5.55.